The van der Waals surface area contributed by atoms with Gasteiger partial charge in [-0.05, 0) is 5.92 Å². The van der Waals surface area contributed by atoms with Crippen molar-refractivity contribution in [3.63, 3.8) is 0 Å². The van der Waals surface area contributed by atoms with Gasteiger partial charge in [0, 0.05) is 11.6 Å². The molecule has 2 atom stereocenters. The van der Waals surface area contributed by atoms with Crippen molar-refractivity contribution in [3.8, 4) is 0 Å². The number of thioether (sulfide) groups is 1. The Hall–Kier alpha value is -0.750. The van der Waals surface area contributed by atoms with E-state index in [4.69, 9.17) is 5.11 Å². The number of carbonyl (C=O) groups excluding carboxylic acids is 1. The highest BCUT2D eigenvalue weighted by atomic mass is 32.2. The molecule has 0 aromatic carbocycles. The van der Waals surface area contributed by atoms with Crippen LogP contribution in [0.1, 0.15) is 13.8 Å². The highest BCUT2D eigenvalue weighted by molar-refractivity contribution is 7.99. The van der Waals surface area contributed by atoms with Crippen LogP contribution < -0.4 is 10.6 Å². The predicted molar refractivity (Wildman–Crippen MR) is 58.7 cm³/mol. The van der Waals surface area contributed by atoms with Crippen LogP contribution in [0, 0.1) is 5.92 Å². The van der Waals surface area contributed by atoms with E-state index in [0.717, 1.165) is 5.88 Å². The summed E-state index contributed by atoms with van der Waals surface area (Å²) in [6.45, 7) is 3.55. The van der Waals surface area contributed by atoms with Crippen LogP contribution in [0.5, 0.6) is 0 Å². The molecule has 1 saturated heterocycles. The first-order chi connectivity index (χ1) is 7.02. The van der Waals surface area contributed by atoms with Gasteiger partial charge in [-0.3, -0.25) is 10.1 Å². The Morgan fingerprint density at radius 2 is 2.20 bits per heavy atom. The smallest absolute Gasteiger partial charge is 0.326 e. The molecule has 1 heterocycles. The van der Waals surface area contributed by atoms with Gasteiger partial charge in [0.25, 0.3) is 0 Å². The van der Waals surface area contributed by atoms with Crippen LogP contribution in [0.3, 0.4) is 0 Å². The van der Waals surface area contributed by atoms with Gasteiger partial charge in [0.2, 0.25) is 5.91 Å². The van der Waals surface area contributed by atoms with Crippen LogP contribution in [-0.2, 0) is 9.59 Å². The summed E-state index contributed by atoms with van der Waals surface area (Å²) in [6.07, 6.45) is 0. The van der Waals surface area contributed by atoms with Gasteiger partial charge in [-0.2, -0.15) is 0 Å². The molecule has 3 N–H and O–H groups in total. The Labute approximate surface area is 93.0 Å². The molecular formula is C9H16N2O3S. The number of nitrogens with one attached hydrogen (secondary N) is 2. The maximum Gasteiger partial charge on any atom is 0.326 e. The third-order valence-electron chi connectivity index (χ3n) is 2.26. The number of amides is 1. The monoisotopic (exact) mass is 232 g/mol. The minimum atomic E-state index is -0.982. The van der Waals surface area contributed by atoms with Crippen molar-refractivity contribution in [2.45, 2.75) is 25.9 Å². The van der Waals surface area contributed by atoms with Gasteiger partial charge >= 0.3 is 5.97 Å². The minimum Gasteiger partial charge on any atom is -0.480 e. The number of hydrogen-bond donors (Lipinski definition) is 3. The van der Waals surface area contributed by atoms with Crippen molar-refractivity contribution in [2.75, 3.05) is 11.6 Å². The molecule has 6 heteroatoms. The molecule has 0 spiro atoms. The molecule has 0 aliphatic carbocycles. The molecule has 0 radical (unpaired) electrons. The number of carbonyl (C=O) groups is 2. The normalized spacial score (nSPS) is 22.7. The molecule has 0 aromatic rings. The van der Waals surface area contributed by atoms with Gasteiger partial charge in [0.15, 0.2) is 0 Å². The Balaban J connectivity index is 2.50. The fourth-order valence-corrected chi connectivity index (χ4v) is 2.27. The number of hydrogen-bond acceptors (Lipinski definition) is 4. The maximum atomic E-state index is 11.6. The van der Waals surface area contributed by atoms with Gasteiger partial charge in [0.1, 0.15) is 6.04 Å². The van der Waals surface area contributed by atoms with Crippen LogP contribution in [-0.4, -0.2) is 40.7 Å². The lowest BCUT2D eigenvalue weighted by atomic mass is 10.0. The zero-order valence-corrected chi connectivity index (χ0v) is 9.63. The van der Waals surface area contributed by atoms with E-state index in [1.165, 1.54) is 0 Å². The molecule has 0 bridgehead atoms. The maximum absolute atomic E-state index is 11.6. The molecule has 1 amide bonds. The first-order valence-electron chi connectivity index (χ1n) is 4.86. The largest absolute Gasteiger partial charge is 0.480 e. The first kappa shape index (κ1) is 12.3. The number of carboxylic acids is 1. The van der Waals surface area contributed by atoms with Crippen LogP contribution in [0.15, 0.2) is 0 Å². The molecule has 0 saturated carbocycles. The molecule has 0 aromatic heterocycles. The van der Waals surface area contributed by atoms with E-state index >= 15 is 0 Å². The van der Waals surface area contributed by atoms with Crippen molar-refractivity contribution in [1.29, 1.82) is 0 Å². The molecular weight excluding hydrogens is 216 g/mol. The Morgan fingerprint density at radius 3 is 2.60 bits per heavy atom. The second-order valence-electron chi connectivity index (χ2n) is 3.84. The lowest BCUT2D eigenvalue weighted by Crippen LogP contribution is -2.51. The summed E-state index contributed by atoms with van der Waals surface area (Å²) in [5.41, 5.74) is 0. The van der Waals surface area contributed by atoms with Crippen molar-refractivity contribution in [3.05, 3.63) is 0 Å². The van der Waals surface area contributed by atoms with Crippen LogP contribution >= 0.6 is 11.8 Å². The van der Waals surface area contributed by atoms with E-state index < -0.39 is 12.0 Å². The Kier molecular flexibility index (Phi) is 4.41. The van der Waals surface area contributed by atoms with Crippen LogP contribution in [0.25, 0.3) is 0 Å². The highest BCUT2D eigenvalue weighted by Crippen LogP contribution is 2.10. The predicted octanol–water partition coefficient (Wildman–Crippen LogP) is -0.126. The highest BCUT2D eigenvalue weighted by Gasteiger charge is 2.28. The van der Waals surface area contributed by atoms with Crippen molar-refractivity contribution >= 4 is 23.6 Å². The Bertz CT molecular complexity index is 252. The Morgan fingerprint density at radius 1 is 1.53 bits per heavy atom. The average Bonchev–Trinajstić information content (AvgIpc) is 2.65. The number of aliphatic carboxylic acids is 1. The molecule has 1 rings (SSSR count). The summed E-state index contributed by atoms with van der Waals surface area (Å²) >= 11 is 1.64. The van der Waals surface area contributed by atoms with Crippen molar-refractivity contribution < 1.29 is 14.7 Å². The fourth-order valence-electron chi connectivity index (χ4n) is 1.33. The number of rotatable bonds is 4. The van der Waals surface area contributed by atoms with Gasteiger partial charge in [-0.15, -0.1) is 11.8 Å². The van der Waals surface area contributed by atoms with Crippen LogP contribution in [0.2, 0.25) is 0 Å². The summed E-state index contributed by atoms with van der Waals surface area (Å²) < 4.78 is 0. The third-order valence-corrected chi connectivity index (χ3v) is 3.20. The lowest BCUT2D eigenvalue weighted by Gasteiger charge is -2.19. The zero-order chi connectivity index (χ0) is 11.4. The summed E-state index contributed by atoms with van der Waals surface area (Å²) in [7, 11) is 0. The van der Waals surface area contributed by atoms with Crippen molar-refractivity contribution in [2.24, 2.45) is 5.92 Å². The van der Waals surface area contributed by atoms with Gasteiger partial charge in [-0.1, -0.05) is 13.8 Å². The van der Waals surface area contributed by atoms with E-state index in [2.05, 4.69) is 10.6 Å². The third kappa shape index (κ3) is 3.39. The lowest BCUT2D eigenvalue weighted by molar-refractivity contribution is -0.143. The molecule has 1 aliphatic rings. The quantitative estimate of drug-likeness (QED) is 0.629. The standard InChI is InChI=1S/C9H16N2O3S/c1-5(2)7(9(13)14)11-8(12)6-3-15-4-10-6/h5-7,10H,3-4H2,1-2H3,(H,11,12)(H,13,14). The van der Waals surface area contributed by atoms with E-state index in [9.17, 15) is 9.59 Å². The summed E-state index contributed by atoms with van der Waals surface area (Å²) in [5.74, 6) is 0.138. The molecule has 1 fully saturated rings. The second-order valence-corrected chi connectivity index (χ2v) is 4.87. The topological polar surface area (TPSA) is 78.4 Å². The summed E-state index contributed by atoms with van der Waals surface area (Å²) in [5, 5.41) is 14.4. The fraction of sp³-hybridized carbons (Fsp3) is 0.778. The van der Waals surface area contributed by atoms with E-state index in [1.807, 2.05) is 0 Å². The van der Waals surface area contributed by atoms with E-state index in [1.54, 1.807) is 25.6 Å². The van der Waals surface area contributed by atoms with Gasteiger partial charge < -0.3 is 10.4 Å². The van der Waals surface area contributed by atoms with Gasteiger partial charge in [-0.25, -0.2) is 4.79 Å². The zero-order valence-electron chi connectivity index (χ0n) is 8.82. The second kappa shape index (κ2) is 5.37. The summed E-state index contributed by atoms with van der Waals surface area (Å²) in [4.78, 5) is 22.5. The van der Waals surface area contributed by atoms with Crippen LogP contribution in [0.4, 0.5) is 0 Å². The molecule has 2 unspecified atom stereocenters. The van der Waals surface area contributed by atoms with E-state index in [-0.39, 0.29) is 17.9 Å². The molecule has 86 valence electrons. The first-order valence-corrected chi connectivity index (χ1v) is 6.02. The number of carboxylic acid groups (broad SMARTS) is 1. The minimum absolute atomic E-state index is 0.111. The SMILES string of the molecule is CC(C)C(NC(=O)C1CSCN1)C(=O)O. The van der Waals surface area contributed by atoms with Gasteiger partial charge in [0.05, 0.1) is 6.04 Å². The van der Waals surface area contributed by atoms with Crippen molar-refractivity contribution in [1.82, 2.24) is 10.6 Å². The van der Waals surface area contributed by atoms with E-state index in [0.29, 0.717) is 5.75 Å². The molecule has 1 aliphatic heterocycles. The summed E-state index contributed by atoms with van der Waals surface area (Å²) in [6, 6.07) is -1.06. The molecule has 15 heavy (non-hydrogen) atoms. The average molecular weight is 232 g/mol. The molecule has 5 nitrogen and oxygen atoms in total.